The van der Waals surface area contributed by atoms with Gasteiger partial charge in [-0.25, -0.2) is 9.66 Å². The van der Waals surface area contributed by atoms with E-state index in [-0.39, 0.29) is 5.92 Å². The minimum absolute atomic E-state index is 0.0454. The summed E-state index contributed by atoms with van der Waals surface area (Å²) in [5.41, 5.74) is 0.382. The highest BCUT2D eigenvalue weighted by Crippen LogP contribution is 2.38. The number of halogens is 3. The summed E-state index contributed by atoms with van der Waals surface area (Å²) >= 11 is 0. The van der Waals surface area contributed by atoms with Crippen LogP contribution in [0.25, 0.3) is 0 Å². The molecule has 0 atom stereocenters. The highest BCUT2D eigenvalue weighted by molar-refractivity contribution is 5.71. The Balaban J connectivity index is 0.000000299. The Hall–Kier alpha value is -2.48. The summed E-state index contributed by atoms with van der Waals surface area (Å²) < 4.78 is 40.1. The van der Waals surface area contributed by atoms with Gasteiger partial charge >= 0.3 is 6.18 Å². The third kappa shape index (κ3) is 7.12. The number of carbonyl (C=O) groups excluding carboxylic acids is 1. The Morgan fingerprint density at radius 1 is 1.21 bits per heavy atom. The number of aromatic nitrogens is 2. The topological polar surface area (TPSA) is 50.5 Å². The molecule has 0 aliphatic carbocycles. The number of hydrogen-bond acceptors (Lipinski definition) is 4. The van der Waals surface area contributed by atoms with E-state index < -0.39 is 11.7 Å². The Morgan fingerprint density at radius 2 is 1.79 bits per heavy atom. The van der Waals surface area contributed by atoms with Crippen LogP contribution in [0.3, 0.4) is 0 Å². The lowest BCUT2D eigenvalue weighted by atomic mass is 9.86. The number of likely N-dealkylation sites (tertiary alicyclic amines) is 1. The van der Waals surface area contributed by atoms with Crippen LogP contribution in [0, 0.1) is 6.92 Å². The van der Waals surface area contributed by atoms with Crippen molar-refractivity contribution in [1.82, 2.24) is 14.6 Å². The monoisotopic (exact) mass is 410 g/mol. The molecule has 0 spiro atoms. The van der Waals surface area contributed by atoms with Crippen molar-refractivity contribution in [2.45, 2.75) is 45.7 Å². The predicted molar refractivity (Wildman–Crippen MR) is 110 cm³/mol. The van der Waals surface area contributed by atoms with E-state index in [0.29, 0.717) is 23.4 Å². The molecule has 0 N–H and O–H groups in total. The quantitative estimate of drug-likeness (QED) is 0.528. The average Bonchev–Trinajstić information content (AvgIpc) is 3.10. The number of rotatable bonds is 3. The normalized spacial score (nSPS) is 14.9. The standard InChI is InChI=1S/C13H16F3N.C6H7N3O.C2H6/c1-17-8-6-10(7-9-17)11-4-2-3-5-12(11)13(14,15)16;1-5-8-6(4-10)3-9(5)7-2;1-2/h2-5,10H,6-9H2,1H3;3-4H,2H2,1H3;1-2H3. The van der Waals surface area contributed by atoms with Crippen LogP contribution in [0.2, 0.25) is 0 Å². The van der Waals surface area contributed by atoms with Crippen molar-refractivity contribution in [3.05, 3.63) is 53.1 Å². The zero-order valence-corrected chi connectivity index (χ0v) is 17.4. The molecule has 29 heavy (non-hydrogen) atoms. The Morgan fingerprint density at radius 3 is 2.24 bits per heavy atom. The van der Waals surface area contributed by atoms with Crippen LogP contribution in [0.1, 0.15) is 60.0 Å². The molecule has 0 unspecified atom stereocenters. The lowest BCUT2D eigenvalue weighted by molar-refractivity contribution is -0.138. The van der Waals surface area contributed by atoms with Gasteiger partial charge in [-0.05, 0) is 57.5 Å². The molecule has 1 aliphatic rings. The van der Waals surface area contributed by atoms with E-state index in [2.05, 4.69) is 21.7 Å². The Labute approximate surface area is 170 Å². The number of nitrogens with zero attached hydrogens (tertiary/aromatic N) is 4. The van der Waals surface area contributed by atoms with Crippen LogP contribution < -0.4 is 0 Å². The molecular formula is C21H29F3N4O. The SMILES string of the molecule is C=Nn1cc(C=O)nc1C.CC.CN1CCC(c2ccccc2C(F)(F)F)CC1. The van der Waals surface area contributed by atoms with Crippen LogP contribution in [0.4, 0.5) is 13.2 Å². The van der Waals surface area contributed by atoms with Crippen molar-refractivity contribution in [3.8, 4) is 0 Å². The number of hydrogen-bond donors (Lipinski definition) is 0. The van der Waals surface area contributed by atoms with Gasteiger partial charge in [-0.2, -0.15) is 18.3 Å². The van der Waals surface area contributed by atoms with Crippen LogP contribution in [0.15, 0.2) is 35.6 Å². The van der Waals surface area contributed by atoms with Gasteiger partial charge in [-0.1, -0.05) is 32.0 Å². The van der Waals surface area contributed by atoms with Gasteiger partial charge in [-0.3, -0.25) is 4.79 Å². The van der Waals surface area contributed by atoms with Gasteiger partial charge in [0, 0.05) is 6.72 Å². The lowest BCUT2D eigenvalue weighted by Gasteiger charge is -2.30. The Kier molecular flexibility index (Phi) is 9.74. The molecule has 1 aromatic heterocycles. The second-order valence-corrected chi connectivity index (χ2v) is 6.48. The van der Waals surface area contributed by atoms with Crippen molar-refractivity contribution < 1.29 is 18.0 Å². The van der Waals surface area contributed by atoms with Crippen molar-refractivity contribution >= 4 is 13.0 Å². The van der Waals surface area contributed by atoms with Gasteiger partial charge < -0.3 is 4.90 Å². The molecule has 2 heterocycles. The first-order valence-corrected chi connectivity index (χ1v) is 9.59. The zero-order chi connectivity index (χ0) is 22.0. The van der Waals surface area contributed by atoms with Gasteiger partial charge in [0.1, 0.15) is 11.5 Å². The maximum Gasteiger partial charge on any atom is 0.416 e. The maximum atomic E-state index is 12.9. The van der Waals surface area contributed by atoms with Gasteiger partial charge in [0.25, 0.3) is 0 Å². The Bertz CT molecular complexity index is 778. The van der Waals surface area contributed by atoms with Crippen molar-refractivity contribution in [1.29, 1.82) is 0 Å². The predicted octanol–water partition coefficient (Wildman–Crippen LogP) is 5.01. The third-order valence-electron chi connectivity index (χ3n) is 4.57. The highest BCUT2D eigenvalue weighted by Gasteiger charge is 2.35. The van der Waals surface area contributed by atoms with Gasteiger partial charge in [0.15, 0.2) is 6.29 Å². The molecule has 3 rings (SSSR count). The molecule has 5 nitrogen and oxygen atoms in total. The van der Waals surface area contributed by atoms with E-state index in [9.17, 15) is 18.0 Å². The fourth-order valence-corrected chi connectivity index (χ4v) is 3.12. The second-order valence-electron chi connectivity index (χ2n) is 6.48. The first-order chi connectivity index (χ1) is 13.8. The molecule has 0 radical (unpaired) electrons. The van der Waals surface area contributed by atoms with Crippen LogP contribution in [0.5, 0.6) is 0 Å². The zero-order valence-electron chi connectivity index (χ0n) is 17.4. The molecule has 1 aromatic carbocycles. The molecular weight excluding hydrogens is 381 g/mol. The van der Waals surface area contributed by atoms with Crippen LogP contribution in [-0.2, 0) is 6.18 Å². The molecule has 0 bridgehead atoms. The number of imidazole rings is 1. The molecule has 2 aromatic rings. The van der Waals surface area contributed by atoms with Crippen molar-refractivity contribution in [2.75, 3.05) is 20.1 Å². The van der Waals surface area contributed by atoms with E-state index in [4.69, 9.17) is 0 Å². The number of alkyl halides is 3. The summed E-state index contributed by atoms with van der Waals surface area (Å²) in [6, 6.07) is 5.97. The molecule has 0 amide bonds. The van der Waals surface area contributed by atoms with E-state index in [1.165, 1.54) is 23.0 Å². The van der Waals surface area contributed by atoms with E-state index in [0.717, 1.165) is 25.9 Å². The van der Waals surface area contributed by atoms with E-state index in [1.807, 2.05) is 20.9 Å². The highest BCUT2D eigenvalue weighted by atomic mass is 19.4. The molecule has 1 aliphatic heterocycles. The largest absolute Gasteiger partial charge is 0.416 e. The summed E-state index contributed by atoms with van der Waals surface area (Å²) in [5, 5.41) is 3.58. The summed E-state index contributed by atoms with van der Waals surface area (Å²) in [4.78, 5) is 16.2. The number of aldehydes is 1. The smallest absolute Gasteiger partial charge is 0.306 e. The lowest BCUT2D eigenvalue weighted by Crippen LogP contribution is -2.30. The fraction of sp³-hybridized carbons (Fsp3) is 0.476. The first kappa shape index (κ1) is 24.6. The fourth-order valence-electron chi connectivity index (χ4n) is 3.12. The summed E-state index contributed by atoms with van der Waals surface area (Å²) in [5.74, 6) is 0.709. The van der Waals surface area contributed by atoms with Crippen LogP contribution >= 0.6 is 0 Å². The van der Waals surface area contributed by atoms with E-state index in [1.54, 1.807) is 19.1 Å². The minimum Gasteiger partial charge on any atom is -0.306 e. The maximum absolute atomic E-state index is 12.9. The summed E-state index contributed by atoms with van der Waals surface area (Å²) in [6.07, 6.45) is -0.420. The van der Waals surface area contributed by atoms with Gasteiger partial charge in [-0.15, -0.1) is 0 Å². The number of piperidine rings is 1. The summed E-state index contributed by atoms with van der Waals surface area (Å²) in [6.45, 7) is 10.8. The van der Waals surface area contributed by atoms with Crippen molar-refractivity contribution in [3.63, 3.8) is 0 Å². The molecule has 8 heteroatoms. The molecule has 1 saturated heterocycles. The molecule has 160 valence electrons. The van der Waals surface area contributed by atoms with Crippen LogP contribution in [-0.4, -0.2) is 47.7 Å². The number of carbonyl (C=O) groups is 1. The number of aryl methyl sites for hydroxylation is 1. The third-order valence-corrected chi connectivity index (χ3v) is 4.57. The minimum atomic E-state index is -4.24. The van der Waals surface area contributed by atoms with Crippen molar-refractivity contribution in [2.24, 2.45) is 5.10 Å². The average molecular weight is 410 g/mol. The summed E-state index contributed by atoms with van der Waals surface area (Å²) in [7, 11) is 2.01. The molecule has 0 saturated carbocycles. The van der Waals surface area contributed by atoms with Gasteiger partial charge in [0.05, 0.1) is 11.8 Å². The number of benzene rings is 1. The first-order valence-electron chi connectivity index (χ1n) is 9.59. The molecule has 1 fully saturated rings. The van der Waals surface area contributed by atoms with Gasteiger partial charge in [0.2, 0.25) is 0 Å². The second kappa shape index (κ2) is 11.5. The van der Waals surface area contributed by atoms with E-state index >= 15 is 0 Å².